The van der Waals surface area contributed by atoms with E-state index in [0.29, 0.717) is 31.8 Å². The minimum Gasteiger partial charge on any atom is -0.329 e. The SMILES string of the molecule is CN1C(=O)C2C(=NC(Sc3nccn3C)=[N+]2Cc2c(Cl)cccc2Cl)N(C)C1=O. The average Bonchev–Trinajstić information content (AvgIpc) is 3.25. The Morgan fingerprint density at radius 1 is 1.14 bits per heavy atom. The number of aryl methyl sites for hydroxylation is 1. The van der Waals surface area contributed by atoms with Gasteiger partial charge < -0.3 is 4.57 Å². The molecule has 8 nitrogen and oxygen atoms in total. The largest absolute Gasteiger partial charge is 0.365 e. The molecule has 0 saturated carbocycles. The Morgan fingerprint density at radius 3 is 2.45 bits per heavy atom. The summed E-state index contributed by atoms with van der Waals surface area (Å²) in [6.07, 6.45) is 3.50. The number of urea groups is 1. The van der Waals surface area contributed by atoms with Crippen molar-refractivity contribution < 1.29 is 14.2 Å². The van der Waals surface area contributed by atoms with Crippen molar-refractivity contribution in [1.82, 2.24) is 19.4 Å². The number of fused-ring (bicyclic) bond motifs is 1. The molecule has 2 aliphatic heterocycles. The van der Waals surface area contributed by atoms with Crippen LogP contribution in [0.1, 0.15) is 5.56 Å². The number of rotatable bonds is 3. The standard InChI is InChI=1S/C18H17Cl2N6O2S/c1-23-8-7-21-16(23)29-17-22-14-13(15(27)25(3)18(28)24(14)2)26(17)9-10-11(19)5-4-6-12(10)20/h4-8,13H,9H2,1-3H3/q+1. The van der Waals surface area contributed by atoms with E-state index in [2.05, 4.69) is 9.98 Å². The van der Waals surface area contributed by atoms with Crippen LogP contribution in [0.25, 0.3) is 0 Å². The molecule has 0 aliphatic carbocycles. The van der Waals surface area contributed by atoms with E-state index >= 15 is 0 Å². The maximum Gasteiger partial charge on any atom is 0.365 e. The fraction of sp³-hybridized carbons (Fsp3) is 0.278. The zero-order valence-electron chi connectivity index (χ0n) is 15.8. The van der Waals surface area contributed by atoms with Crippen LogP contribution in [0.15, 0.2) is 40.7 Å². The van der Waals surface area contributed by atoms with Gasteiger partial charge in [-0.2, -0.15) is 0 Å². The summed E-state index contributed by atoms with van der Waals surface area (Å²) in [7, 11) is 4.93. The van der Waals surface area contributed by atoms with Crippen LogP contribution >= 0.6 is 35.0 Å². The molecular formula is C18H17Cl2N6O2S+. The third-order valence-corrected chi connectivity index (χ3v) is 6.64. The van der Waals surface area contributed by atoms with Gasteiger partial charge in [0, 0.05) is 60.9 Å². The van der Waals surface area contributed by atoms with E-state index in [1.165, 1.54) is 23.7 Å². The molecule has 11 heteroatoms. The van der Waals surface area contributed by atoms with Crippen molar-refractivity contribution >= 4 is 57.9 Å². The Bertz CT molecular complexity index is 1080. The molecule has 1 aromatic heterocycles. The number of amidine groups is 2. The fourth-order valence-corrected chi connectivity index (χ4v) is 4.63. The van der Waals surface area contributed by atoms with Crippen molar-refractivity contribution in [2.45, 2.75) is 17.7 Å². The average molecular weight is 452 g/mol. The second kappa shape index (κ2) is 7.47. The second-order valence-corrected chi connectivity index (χ2v) is 8.39. The number of aliphatic imine (C=N–C) groups is 1. The molecule has 3 heterocycles. The number of nitrogens with zero attached hydrogens (tertiary/aromatic N) is 6. The van der Waals surface area contributed by atoms with Gasteiger partial charge in [-0.1, -0.05) is 29.3 Å². The summed E-state index contributed by atoms with van der Waals surface area (Å²) in [5.41, 5.74) is 0.681. The lowest BCUT2D eigenvalue weighted by molar-refractivity contribution is -0.548. The highest BCUT2D eigenvalue weighted by Crippen LogP contribution is 2.31. The van der Waals surface area contributed by atoms with Crippen LogP contribution in [0.4, 0.5) is 4.79 Å². The third kappa shape index (κ3) is 3.33. The quantitative estimate of drug-likeness (QED) is 0.672. The summed E-state index contributed by atoms with van der Waals surface area (Å²) in [5, 5.41) is 2.23. The van der Waals surface area contributed by atoms with Crippen LogP contribution in [-0.2, 0) is 18.4 Å². The number of carbonyl (C=O) groups excluding carboxylic acids is 2. The van der Waals surface area contributed by atoms with Gasteiger partial charge in [-0.15, -0.1) is 0 Å². The normalized spacial score (nSPS) is 19.2. The smallest absolute Gasteiger partial charge is 0.329 e. The molecule has 150 valence electrons. The summed E-state index contributed by atoms with van der Waals surface area (Å²) in [4.78, 5) is 36.8. The Hall–Kier alpha value is -2.36. The van der Waals surface area contributed by atoms with E-state index in [0.717, 1.165) is 4.90 Å². The van der Waals surface area contributed by atoms with E-state index in [9.17, 15) is 9.59 Å². The number of thioether (sulfide) groups is 1. The lowest BCUT2D eigenvalue weighted by Crippen LogP contribution is -2.61. The molecule has 1 saturated heterocycles. The van der Waals surface area contributed by atoms with Crippen molar-refractivity contribution in [3.05, 3.63) is 46.2 Å². The molecule has 4 rings (SSSR count). The number of imidazole rings is 1. The maximum atomic E-state index is 13.0. The number of aromatic nitrogens is 2. The molecular weight excluding hydrogens is 435 g/mol. The van der Waals surface area contributed by atoms with Gasteiger partial charge in [0.1, 0.15) is 6.54 Å². The number of amides is 3. The molecule has 29 heavy (non-hydrogen) atoms. The van der Waals surface area contributed by atoms with Gasteiger partial charge in [0.05, 0.1) is 0 Å². The van der Waals surface area contributed by atoms with E-state index in [-0.39, 0.29) is 12.5 Å². The van der Waals surface area contributed by atoms with Crippen molar-refractivity contribution in [3.63, 3.8) is 0 Å². The molecule has 2 aliphatic rings. The fourth-order valence-electron chi connectivity index (χ4n) is 3.20. The minimum atomic E-state index is -0.752. The highest BCUT2D eigenvalue weighted by Gasteiger charge is 2.53. The minimum absolute atomic E-state index is 0.255. The first-order valence-corrected chi connectivity index (χ1v) is 10.2. The van der Waals surface area contributed by atoms with Crippen molar-refractivity contribution in [3.8, 4) is 0 Å². The molecule has 1 atom stereocenters. The van der Waals surface area contributed by atoms with E-state index in [4.69, 9.17) is 23.2 Å². The highest BCUT2D eigenvalue weighted by atomic mass is 35.5. The van der Waals surface area contributed by atoms with Gasteiger partial charge in [-0.3, -0.25) is 14.6 Å². The monoisotopic (exact) mass is 451 g/mol. The van der Waals surface area contributed by atoms with Crippen molar-refractivity contribution in [2.75, 3.05) is 14.1 Å². The van der Waals surface area contributed by atoms with Crippen LogP contribution in [0, 0.1) is 0 Å². The van der Waals surface area contributed by atoms with Gasteiger partial charge in [-0.05, 0) is 17.1 Å². The van der Waals surface area contributed by atoms with E-state index < -0.39 is 12.1 Å². The van der Waals surface area contributed by atoms with E-state index in [1.807, 2.05) is 22.4 Å². The summed E-state index contributed by atoms with van der Waals surface area (Å²) >= 11 is 14.1. The first-order valence-electron chi connectivity index (χ1n) is 8.65. The Balaban J connectivity index is 1.82. The van der Waals surface area contributed by atoms with Crippen LogP contribution in [0.5, 0.6) is 0 Å². The van der Waals surface area contributed by atoms with Crippen LogP contribution < -0.4 is 0 Å². The van der Waals surface area contributed by atoms with Crippen LogP contribution in [-0.4, -0.2) is 67.0 Å². The van der Waals surface area contributed by atoms with Crippen LogP contribution in [0.2, 0.25) is 10.0 Å². The predicted octanol–water partition coefficient (Wildman–Crippen LogP) is 2.69. The number of halogens is 2. The number of likely N-dealkylation sites (N-methyl/N-ethyl adjacent to an activating group) is 2. The lowest BCUT2D eigenvalue weighted by Gasteiger charge is -2.30. The molecule has 2 aromatic rings. The molecule has 0 radical (unpaired) electrons. The summed E-state index contributed by atoms with van der Waals surface area (Å²) in [6, 6.07) is 4.08. The molecule has 1 aromatic carbocycles. The zero-order chi connectivity index (χ0) is 20.9. The lowest BCUT2D eigenvalue weighted by atomic mass is 10.1. The van der Waals surface area contributed by atoms with Crippen LogP contribution in [0.3, 0.4) is 0 Å². The molecule has 1 fully saturated rings. The van der Waals surface area contributed by atoms with Gasteiger partial charge in [0.15, 0.2) is 5.16 Å². The topological polar surface area (TPSA) is 73.8 Å². The first kappa shape index (κ1) is 19.9. The summed E-state index contributed by atoms with van der Waals surface area (Å²) in [5.74, 6) is 0.0171. The summed E-state index contributed by atoms with van der Waals surface area (Å²) < 4.78 is 3.66. The van der Waals surface area contributed by atoms with Gasteiger partial charge in [0.2, 0.25) is 0 Å². The highest BCUT2D eigenvalue weighted by molar-refractivity contribution is 8.13. The predicted molar refractivity (Wildman–Crippen MR) is 112 cm³/mol. The van der Waals surface area contributed by atoms with Gasteiger partial charge in [-0.25, -0.2) is 14.4 Å². The summed E-state index contributed by atoms with van der Waals surface area (Å²) in [6.45, 7) is 0.255. The Kier molecular flexibility index (Phi) is 5.14. The first-order chi connectivity index (χ1) is 13.8. The number of benzene rings is 1. The van der Waals surface area contributed by atoms with E-state index in [1.54, 1.807) is 31.4 Å². The molecule has 0 bridgehead atoms. The number of hydrogen-bond donors (Lipinski definition) is 0. The molecule has 0 spiro atoms. The number of imide groups is 1. The van der Waals surface area contributed by atoms with Crippen molar-refractivity contribution in [1.29, 1.82) is 0 Å². The molecule has 3 amide bonds. The van der Waals surface area contributed by atoms with Gasteiger partial charge in [0.25, 0.3) is 17.8 Å². The Morgan fingerprint density at radius 2 is 1.83 bits per heavy atom. The Labute approximate surface area is 181 Å². The molecule has 1 unspecified atom stereocenters. The molecule has 0 N–H and O–H groups in total. The zero-order valence-corrected chi connectivity index (χ0v) is 18.2. The number of carbonyl (C=O) groups is 2. The second-order valence-electron chi connectivity index (χ2n) is 6.64. The number of hydrogen-bond acceptors (Lipinski definition) is 5. The van der Waals surface area contributed by atoms with Crippen molar-refractivity contribution in [2.24, 2.45) is 12.0 Å². The van der Waals surface area contributed by atoms with Gasteiger partial charge >= 0.3 is 11.2 Å². The maximum absolute atomic E-state index is 13.0. The third-order valence-electron chi connectivity index (χ3n) is 4.84.